The van der Waals surface area contributed by atoms with Crippen LogP contribution in [0.5, 0.6) is 0 Å². The van der Waals surface area contributed by atoms with Crippen LogP contribution in [0, 0.1) is 6.92 Å². The lowest BCUT2D eigenvalue weighted by molar-refractivity contribution is -0.141. The molecule has 0 spiro atoms. The zero-order valence-electron chi connectivity index (χ0n) is 19.9. The number of anilines is 1. The van der Waals surface area contributed by atoms with Crippen LogP contribution in [0.2, 0.25) is 0 Å². The molecular weight excluding hydrogens is 522 g/mol. The van der Waals surface area contributed by atoms with E-state index in [0.29, 0.717) is 4.57 Å². The lowest BCUT2D eigenvalue weighted by atomic mass is 10.0. The molecule has 0 fully saturated rings. The number of amides is 1. The molecule has 0 atom stereocenters. The summed E-state index contributed by atoms with van der Waals surface area (Å²) in [6, 6.07) is 7.47. The lowest BCUT2D eigenvalue weighted by Gasteiger charge is -2.35. The van der Waals surface area contributed by atoms with Crippen molar-refractivity contribution in [1.29, 1.82) is 0 Å². The molecule has 1 amide bonds. The van der Waals surface area contributed by atoms with Crippen LogP contribution in [-0.4, -0.2) is 43.9 Å². The SMILES string of the molecule is Cc1c(CN2CN(c3ccc4c(c3)n(C)c(=O)n4CC(F)(F)F)C=C(C(=O)O)C2=O)cccc1C(F)(F)F. The Morgan fingerprint density at radius 2 is 1.71 bits per heavy atom. The first-order valence-electron chi connectivity index (χ1n) is 11.0. The Morgan fingerprint density at radius 3 is 2.32 bits per heavy atom. The molecule has 0 saturated carbocycles. The van der Waals surface area contributed by atoms with E-state index in [2.05, 4.69) is 0 Å². The molecule has 202 valence electrons. The first-order valence-corrected chi connectivity index (χ1v) is 11.0. The summed E-state index contributed by atoms with van der Waals surface area (Å²) in [7, 11) is 1.28. The van der Waals surface area contributed by atoms with E-state index in [1.54, 1.807) is 0 Å². The van der Waals surface area contributed by atoms with Gasteiger partial charge in [0.05, 0.1) is 23.3 Å². The Morgan fingerprint density at radius 1 is 1.03 bits per heavy atom. The molecule has 1 aromatic heterocycles. The summed E-state index contributed by atoms with van der Waals surface area (Å²) in [5.41, 5.74) is -2.06. The van der Waals surface area contributed by atoms with Crippen molar-refractivity contribution in [2.24, 2.45) is 7.05 Å². The second-order valence-corrected chi connectivity index (χ2v) is 8.77. The van der Waals surface area contributed by atoms with Crippen LogP contribution in [0.3, 0.4) is 0 Å². The summed E-state index contributed by atoms with van der Waals surface area (Å²) < 4.78 is 80.6. The second kappa shape index (κ2) is 9.26. The van der Waals surface area contributed by atoms with Crippen molar-refractivity contribution < 1.29 is 41.0 Å². The first-order chi connectivity index (χ1) is 17.6. The summed E-state index contributed by atoms with van der Waals surface area (Å²) in [4.78, 5) is 39.4. The molecule has 2 heterocycles. The highest BCUT2D eigenvalue weighted by molar-refractivity contribution is 6.16. The van der Waals surface area contributed by atoms with Gasteiger partial charge in [0.25, 0.3) is 5.91 Å². The third-order valence-corrected chi connectivity index (χ3v) is 6.27. The fraction of sp³-hybridized carbons (Fsp3) is 0.292. The number of carbonyl (C=O) groups excluding carboxylic acids is 1. The van der Waals surface area contributed by atoms with Gasteiger partial charge in [-0.25, -0.2) is 9.59 Å². The van der Waals surface area contributed by atoms with Crippen molar-refractivity contribution in [3.63, 3.8) is 0 Å². The van der Waals surface area contributed by atoms with Crippen molar-refractivity contribution in [3.05, 3.63) is 75.3 Å². The highest BCUT2D eigenvalue weighted by Gasteiger charge is 2.35. The zero-order chi connectivity index (χ0) is 28.2. The number of hydrogen-bond donors (Lipinski definition) is 1. The third kappa shape index (κ3) is 4.97. The molecule has 14 heteroatoms. The average Bonchev–Trinajstić information content (AvgIpc) is 3.03. The maximum absolute atomic E-state index is 13.4. The second-order valence-electron chi connectivity index (χ2n) is 8.77. The average molecular weight is 542 g/mol. The fourth-order valence-corrected chi connectivity index (χ4v) is 4.37. The van der Waals surface area contributed by atoms with Gasteiger partial charge in [-0.2, -0.15) is 26.3 Å². The number of nitrogens with zero attached hydrogens (tertiary/aromatic N) is 4. The van der Waals surface area contributed by atoms with E-state index in [9.17, 15) is 45.8 Å². The van der Waals surface area contributed by atoms with Crippen LogP contribution >= 0.6 is 0 Å². The minimum absolute atomic E-state index is 0.00875. The van der Waals surface area contributed by atoms with E-state index in [4.69, 9.17) is 0 Å². The number of aromatic nitrogens is 2. The molecule has 0 unspecified atom stereocenters. The maximum atomic E-state index is 13.4. The molecule has 0 bridgehead atoms. The number of aliphatic carboxylic acids is 1. The van der Waals surface area contributed by atoms with Crippen LogP contribution in [0.15, 0.2) is 53.0 Å². The van der Waals surface area contributed by atoms with Crippen LogP contribution in [0.1, 0.15) is 16.7 Å². The molecule has 0 aliphatic carbocycles. The van der Waals surface area contributed by atoms with Gasteiger partial charge in [-0.15, -0.1) is 0 Å². The number of alkyl halides is 6. The van der Waals surface area contributed by atoms with Crippen LogP contribution in [0.25, 0.3) is 11.0 Å². The van der Waals surface area contributed by atoms with Crippen molar-refractivity contribution >= 4 is 28.6 Å². The van der Waals surface area contributed by atoms with Crippen LogP contribution < -0.4 is 10.6 Å². The van der Waals surface area contributed by atoms with Crippen molar-refractivity contribution in [3.8, 4) is 0 Å². The Balaban J connectivity index is 1.74. The fourth-order valence-electron chi connectivity index (χ4n) is 4.37. The van der Waals surface area contributed by atoms with Gasteiger partial charge in [-0.3, -0.25) is 13.9 Å². The lowest BCUT2D eigenvalue weighted by Crippen LogP contribution is -2.45. The number of carbonyl (C=O) groups is 2. The van der Waals surface area contributed by atoms with Gasteiger partial charge in [-0.1, -0.05) is 12.1 Å². The standard InChI is InChI=1S/C24H20F6N4O4/c1-13-14(4-3-5-17(13)24(28,29)30)9-33-12-32(10-16(20(33)35)21(36)37)15-6-7-18-19(8-15)31(2)22(38)34(18)11-23(25,26)27/h3-8,10H,9,11-12H2,1-2H3,(H,36,37). The molecule has 3 aromatic rings. The highest BCUT2D eigenvalue weighted by Crippen LogP contribution is 2.34. The van der Waals surface area contributed by atoms with Crippen molar-refractivity contribution in [1.82, 2.24) is 14.0 Å². The van der Waals surface area contributed by atoms with E-state index in [-0.39, 0.29) is 41.1 Å². The number of halogens is 6. The number of benzene rings is 2. The molecular formula is C24H20F6N4O4. The summed E-state index contributed by atoms with van der Waals surface area (Å²) in [5, 5.41) is 9.58. The van der Waals surface area contributed by atoms with Gasteiger partial charge in [0.1, 0.15) is 12.1 Å². The maximum Gasteiger partial charge on any atom is 0.416 e. The molecule has 0 radical (unpaired) electrons. The Hall–Kier alpha value is -4.23. The Bertz CT molecular complexity index is 1530. The van der Waals surface area contributed by atoms with Crippen LogP contribution in [-0.2, 0) is 35.9 Å². The minimum Gasteiger partial charge on any atom is -0.477 e. The topological polar surface area (TPSA) is 87.8 Å². The van der Waals surface area contributed by atoms with Crippen molar-refractivity contribution in [2.45, 2.75) is 32.4 Å². The van der Waals surface area contributed by atoms with Gasteiger partial charge in [0.2, 0.25) is 0 Å². The molecule has 8 nitrogen and oxygen atoms in total. The largest absolute Gasteiger partial charge is 0.477 e. The van der Waals surface area contributed by atoms with Crippen LogP contribution in [0.4, 0.5) is 32.0 Å². The summed E-state index contributed by atoms with van der Waals surface area (Å²) in [5.74, 6) is -2.49. The number of carboxylic acids is 1. The van der Waals surface area contributed by atoms with E-state index in [1.165, 1.54) is 49.2 Å². The van der Waals surface area contributed by atoms with Gasteiger partial charge in [0.15, 0.2) is 0 Å². The van der Waals surface area contributed by atoms with E-state index in [1.807, 2.05) is 0 Å². The zero-order valence-corrected chi connectivity index (χ0v) is 19.9. The molecule has 1 N–H and O–H groups in total. The smallest absolute Gasteiger partial charge is 0.416 e. The van der Waals surface area contributed by atoms with E-state index in [0.717, 1.165) is 21.7 Å². The minimum atomic E-state index is -4.65. The predicted octanol–water partition coefficient (Wildman–Crippen LogP) is 4.00. The molecule has 0 saturated heterocycles. The molecule has 1 aliphatic heterocycles. The molecule has 4 rings (SSSR count). The Kier molecular flexibility index (Phi) is 6.54. The number of imidazole rings is 1. The molecule has 2 aromatic carbocycles. The van der Waals surface area contributed by atoms with E-state index >= 15 is 0 Å². The summed E-state index contributed by atoms with van der Waals surface area (Å²) in [6.45, 7) is -0.862. The molecule has 38 heavy (non-hydrogen) atoms. The van der Waals surface area contributed by atoms with Gasteiger partial charge < -0.3 is 14.9 Å². The first kappa shape index (κ1) is 26.8. The summed E-state index contributed by atoms with van der Waals surface area (Å²) in [6.07, 6.45) is -8.24. The highest BCUT2D eigenvalue weighted by atomic mass is 19.4. The monoisotopic (exact) mass is 542 g/mol. The Labute approximate surface area is 210 Å². The quantitative estimate of drug-likeness (QED) is 0.389. The van der Waals surface area contributed by atoms with Gasteiger partial charge in [0, 0.05) is 25.5 Å². The summed E-state index contributed by atoms with van der Waals surface area (Å²) >= 11 is 0. The number of aryl methyl sites for hydroxylation is 1. The number of fused-ring (bicyclic) bond motifs is 1. The predicted molar refractivity (Wildman–Crippen MR) is 123 cm³/mol. The molecule has 1 aliphatic rings. The third-order valence-electron chi connectivity index (χ3n) is 6.27. The van der Waals surface area contributed by atoms with Gasteiger partial charge >= 0.3 is 24.0 Å². The normalized spacial score (nSPS) is 14.8. The number of rotatable bonds is 5. The van der Waals surface area contributed by atoms with Gasteiger partial charge in [-0.05, 0) is 42.3 Å². The van der Waals surface area contributed by atoms with E-state index < -0.39 is 47.6 Å². The van der Waals surface area contributed by atoms with Crippen molar-refractivity contribution in [2.75, 3.05) is 11.6 Å². The number of carboxylic acid groups (broad SMARTS) is 1. The number of hydrogen-bond acceptors (Lipinski definition) is 4.